The molecule has 156 valence electrons. The summed E-state index contributed by atoms with van der Waals surface area (Å²) in [7, 11) is 0. The van der Waals surface area contributed by atoms with E-state index in [1.165, 1.54) is 0 Å². The molecule has 1 aliphatic heterocycles. The van der Waals surface area contributed by atoms with Crippen molar-refractivity contribution in [2.75, 3.05) is 18.0 Å². The van der Waals surface area contributed by atoms with Gasteiger partial charge in [-0.1, -0.05) is 6.92 Å². The van der Waals surface area contributed by atoms with Gasteiger partial charge in [-0.3, -0.25) is 4.79 Å². The lowest BCUT2D eigenvalue weighted by molar-refractivity contribution is 0.0461. The van der Waals surface area contributed by atoms with Crippen molar-refractivity contribution in [3.63, 3.8) is 0 Å². The van der Waals surface area contributed by atoms with Gasteiger partial charge >= 0.3 is 0 Å². The van der Waals surface area contributed by atoms with Crippen molar-refractivity contribution in [1.29, 1.82) is 0 Å². The van der Waals surface area contributed by atoms with Crippen LogP contribution < -0.4 is 10.2 Å². The van der Waals surface area contributed by atoms with Gasteiger partial charge in [0, 0.05) is 25.0 Å². The van der Waals surface area contributed by atoms with Crippen LogP contribution in [0.5, 0.6) is 0 Å². The van der Waals surface area contributed by atoms with Gasteiger partial charge in [0.15, 0.2) is 0 Å². The average molecular weight is 399 g/mol. The molecule has 0 aromatic carbocycles. The first kappa shape index (κ1) is 19.9. The summed E-state index contributed by atoms with van der Waals surface area (Å²) in [5.74, 6) is 2.73. The Bertz CT molecular complexity index is 909. The van der Waals surface area contributed by atoms with Crippen LogP contribution in [0.2, 0.25) is 0 Å². The molecule has 2 aromatic rings. The van der Waals surface area contributed by atoms with Crippen molar-refractivity contribution < 1.29 is 14.3 Å². The van der Waals surface area contributed by atoms with E-state index in [1.54, 1.807) is 13.0 Å². The number of amides is 1. The number of carbonyl (C=O) groups excluding carboxylic acids is 1. The Balaban J connectivity index is 1.44. The number of nitrogens with one attached hydrogen (secondary N) is 1. The predicted molar refractivity (Wildman–Crippen MR) is 110 cm³/mol. The largest absolute Gasteiger partial charge is 0.466 e. The fraction of sp³-hybridized carbons (Fsp3) is 0.591. The number of hydrogen-bond acceptors (Lipinski definition) is 6. The van der Waals surface area contributed by atoms with Crippen LogP contribution in [0.4, 0.5) is 5.95 Å². The van der Waals surface area contributed by atoms with Gasteiger partial charge in [0.2, 0.25) is 5.95 Å². The fourth-order valence-corrected chi connectivity index (χ4v) is 4.83. The molecule has 3 heterocycles. The minimum absolute atomic E-state index is 0.175. The van der Waals surface area contributed by atoms with Crippen LogP contribution >= 0.6 is 0 Å². The number of furan rings is 1. The van der Waals surface area contributed by atoms with Crippen molar-refractivity contribution in [1.82, 2.24) is 15.3 Å². The molecule has 1 saturated carbocycles. The van der Waals surface area contributed by atoms with E-state index in [4.69, 9.17) is 9.40 Å². The van der Waals surface area contributed by atoms with Crippen LogP contribution in [0.3, 0.4) is 0 Å². The summed E-state index contributed by atoms with van der Waals surface area (Å²) in [6, 6.07) is 1.50. The van der Waals surface area contributed by atoms with Gasteiger partial charge in [-0.2, -0.15) is 0 Å². The van der Waals surface area contributed by atoms with Crippen molar-refractivity contribution in [2.24, 2.45) is 11.8 Å². The predicted octanol–water partition coefficient (Wildman–Crippen LogP) is 2.56. The average Bonchev–Trinajstić information content (AvgIpc) is 3.24. The maximum Gasteiger partial charge on any atom is 0.255 e. The zero-order chi connectivity index (χ0) is 20.7. The minimum atomic E-state index is -0.543. The molecule has 7 heteroatoms. The molecule has 4 rings (SSSR count). The SMILES string of the molecule is CCc1nc(N2C[C@H]3C[C@H](O)[C@@H](NC(=O)c4cc(C)oc4C)C[C@H]3C2)ncc1C. The lowest BCUT2D eigenvalue weighted by atomic mass is 9.77. The van der Waals surface area contributed by atoms with Crippen LogP contribution in [0, 0.1) is 32.6 Å². The van der Waals surface area contributed by atoms with E-state index in [0.717, 1.165) is 43.1 Å². The highest BCUT2D eigenvalue weighted by molar-refractivity contribution is 5.95. The molecule has 1 amide bonds. The molecular formula is C22H30N4O3. The second kappa shape index (κ2) is 7.78. The molecule has 2 aliphatic rings. The Kier molecular flexibility index (Phi) is 5.34. The highest BCUT2D eigenvalue weighted by Gasteiger charge is 2.43. The number of rotatable bonds is 4. The summed E-state index contributed by atoms with van der Waals surface area (Å²) in [6.07, 6.45) is 3.69. The molecule has 0 unspecified atom stereocenters. The molecule has 2 N–H and O–H groups in total. The van der Waals surface area contributed by atoms with Crippen molar-refractivity contribution in [3.05, 3.63) is 40.6 Å². The van der Waals surface area contributed by atoms with Gasteiger partial charge in [-0.05, 0) is 63.5 Å². The number of fused-ring (bicyclic) bond motifs is 1. The summed E-state index contributed by atoms with van der Waals surface area (Å²) in [6.45, 7) is 9.48. The highest BCUT2D eigenvalue weighted by Crippen LogP contribution is 2.38. The Morgan fingerprint density at radius 2 is 2.00 bits per heavy atom. The number of anilines is 1. The van der Waals surface area contributed by atoms with Gasteiger partial charge in [-0.25, -0.2) is 9.97 Å². The number of aliphatic hydroxyl groups excluding tert-OH is 1. The normalized spacial score (nSPS) is 26.4. The number of nitrogens with zero attached hydrogens (tertiary/aromatic N) is 3. The summed E-state index contributed by atoms with van der Waals surface area (Å²) in [5, 5.41) is 13.7. The lowest BCUT2D eigenvalue weighted by Gasteiger charge is -2.35. The summed E-state index contributed by atoms with van der Waals surface area (Å²) < 4.78 is 5.47. The Morgan fingerprint density at radius 3 is 2.66 bits per heavy atom. The molecule has 0 bridgehead atoms. The molecule has 2 fully saturated rings. The first-order valence-corrected chi connectivity index (χ1v) is 10.5. The van der Waals surface area contributed by atoms with Crippen LogP contribution in [-0.4, -0.2) is 46.2 Å². The number of hydrogen-bond donors (Lipinski definition) is 2. The maximum atomic E-state index is 12.7. The van der Waals surface area contributed by atoms with Crippen LogP contribution in [0.15, 0.2) is 16.7 Å². The van der Waals surface area contributed by atoms with E-state index in [1.807, 2.05) is 20.0 Å². The van der Waals surface area contributed by atoms with E-state index in [2.05, 4.69) is 22.1 Å². The number of aryl methyl sites for hydroxylation is 4. The quantitative estimate of drug-likeness (QED) is 0.822. The summed E-state index contributed by atoms with van der Waals surface area (Å²) in [5.41, 5.74) is 2.75. The molecular weight excluding hydrogens is 368 g/mol. The number of carbonyl (C=O) groups is 1. The van der Waals surface area contributed by atoms with Gasteiger partial charge in [0.1, 0.15) is 11.5 Å². The Labute approximate surface area is 171 Å². The number of aromatic nitrogens is 2. The molecule has 0 spiro atoms. The Morgan fingerprint density at radius 1 is 1.28 bits per heavy atom. The topological polar surface area (TPSA) is 91.5 Å². The summed E-state index contributed by atoms with van der Waals surface area (Å²) in [4.78, 5) is 24.2. The second-order valence-corrected chi connectivity index (χ2v) is 8.52. The molecule has 29 heavy (non-hydrogen) atoms. The van der Waals surface area contributed by atoms with E-state index in [0.29, 0.717) is 35.3 Å². The fourth-order valence-electron chi connectivity index (χ4n) is 4.83. The third-order valence-electron chi connectivity index (χ3n) is 6.43. The molecule has 4 atom stereocenters. The van der Waals surface area contributed by atoms with E-state index in [9.17, 15) is 9.90 Å². The van der Waals surface area contributed by atoms with Gasteiger partial charge in [0.05, 0.1) is 17.7 Å². The van der Waals surface area contributed by atoms with Gasteiger partial charge in [-0.15, -0.1) is 0 Å². The van der Waals surface area contributed by atoms with E-state index in [-0.39, 0.29) is 11.9 Å². The van der Waals surface area contributed by atoms with Crippen molar-refractivity contribution >= 4 is 11.9 Å². The molecule has 2 aromatic heterocycles. The van der Waals surface area contributed by atoms with Crippen molar-refractivity contribution in [2.45, 2.75) is 59.1 Å². The molecule has 1 saturated heterocycles. The van der Waals surface area contributed by atoms with Gasteiger partial charge in [0.25, 0.3) is 5.91 Å². The zero-order valence-electron chi connectivity index (χ0n) is 17.6. The summed E-state index contributed by atoms with van der Waals surface area (Å²) >= 11 is 0. The van der Waals surface area contributed by atoms with Crippen LogP contribution in [0.1, 0.15) is 52.9 Å². The monoisotopic (exact) mass is 398 g/mol. The standard InChI is InChI=1S/C22H30N4O3/c1-5-18-12(2)9-23-22(25-18)26-10-15-7-19(20(27)8-16(15)11-26)24-21(28)17-6-13(3)29-14(17)4/h6,9,15-16,19-20,27H,5,7-8,10-11H2,1-4H3,(H,24,28)/t15-,16+,19-,20-/m0/s1. The first-order valence-electron chi connectivity index (χ1n) is 10.5. The first-order chi connectivity index (χ1) is 13.9. The molecule has 1 aliphatic carbocycles. The minimum Gasteiger partial charge on any atom is -0.466 e. The number of aliphatic hydroxyl groups is 1. The maximum absolute atomic E-state index is 12.7. The van der Waals surface area contributed by atoms with Crippen LogP contribution in [-0.2, 0) is 6.42 Å². The van der Waals surface area contributed by atoms with Crippen molar-refractivity contribution in [3.8, 4) is 0 Å². The highest BCUT2D eigenvalue weighted by atomic mass is 16.3. The third-order valence-corrected chi connectivity index (χ3v) is 6.43. The smallest absolute Gasteiger partial charge is 0.255 e. The lowest BCUT2D eigenvalue weighted by Crippen LogP contribution is -2.49. The van der Waals surface area contributed by atoms with E-state index < -0.39 is 6.10 Å². The molecule has 7 nitrogen and oxygen atoms in total. The Hall–Kier alpha value is -2.41. The van der Waals surface area contributed by atoms with Crippen LogP contribution in [0.25, 0.3) is 0 Å². The third kappa shape index (κ3) is 3.88. The molecule has 0 radical (unpaired) electrons. The second-order valence-electron chi connectivity index (χ2n) is 8.52. The van der Waals surface area contributed by atoms with Gasteiger partial charge < -0.3 is 19.7 Å². The van der Waals surface area contributed by atoms with E-state index >= 15 is 0 Å². The zero-order valence-corrected chi connectivity index (χ0v) is 17.6.